The van der Waals surface area contributed by atoms with Crippen molar-refractivity contribution < 1.29 is 18.8 Å². The lowest BCUT2D eigenvalue weighted by Gasteiger charge is -2.16. The number of hydrogen-bond donors (Lipinski definition) is 1. The Morgan fingerprint density at radius 3 is 2.30 bits per heavy atom. The molecule has 0 saturated heterocycles. The third kappa shape index (κ3) is 6.00. The summed E-state index contributed by atoms with van der Waals surface area (Å²) in [6.45, 7) is 5.65. The van der Waals surface area contributed by atoms with Crippen LogP contribution in [-0.2, 0) is 26.7 Å². The largest absolute Gasteiger partial charge is 0.335 e. The highest BCUT2D eigenvalue weighted by Crippen LogP contribution is 2.43. The maximum absolute atomic E-state index is 11.8. The van der Waals surface area contributed by atoms with E-state index in [1.54, 1.807) is 6.92 Å². The lowest BCUT2D eigenvalue weighted by Crippen LogP contribution is -2.13. The molecule has 0 heterocycles. The van der Waals surface area contributed by atoms with Gasteiger partial charge in [-0.25, -0.2) is 0 Å². The Hall–Kier alpha value is -0.960. The molecule has 0 aromatic heterocycles. The van der Waals surface area contributed by atoms with Crippen LogP contribution in [0.5, 0.6) is 0 Å². The fraction of sp³-hybridized carbons (Fsp3) is 0.533. The Labute approximate surface area is 120 Å². The van der Waals surface area contributed by atoms with Crippen LogP contribution >= 0.6 is 7.60 Å². The monoisotopic (exact) mass is 298 g/mol. The van der Waals surface area contributed by atoms with Gasteiger partial charge in [-0.1, -0.05) is 38.1 Å². The van der Waals surface area contributed by atoms with Gasteiger partial charge in [0.25, 0.3) is 0 Å². The van der Waals surface area contributed by atoms with Crippen molar-refractivity contribution in [3.63, 3.8) is 0 Å². The molecule has 0 spiro atoms. The Kier molecular flexibility index (Phi) is 6.60. The smallest absolute Gasteiger partial charge is 0.324 e. The van der Waals surface area contributed by atoms with Gasteiger partial charge in [0, 0.05) is 6.42 Å². The number of ketones is 1. The van der Waals surface area contributed by atoms with Crippen molar-refractivity contribution in [1.82, 2.24) is 0 Å². The van der Waals surface area contributed by atoms with Gasteiger partial charge in [-0.2, -0.15) is 0 Å². The quantitative estimate of drug-likeness (QED) is 0.747. The summed E-state index contributed by atoms with van der Waals surface area (Å²) in [5.74, 6) is -0.275. The molecule has 4 nitrogen and oxygen atoms in total. The topological polar surface area (TPSA) is 63.6 Å². The van der Waals surface area contributed by atoms with Gasteiger partial charge in [-0.3, -0.25) is 9.36 Å². The van der Waals surface area contributed by atoms with E-state index in [0.29, 0.717) is 6.42 Å². The van der Waals surface area contributed by atoms with Crippen LogP contribution in [0.4, 0.5) is 0 Å². The van der Waals surface area contributed by atoms with Crippen molar-refractivity contribution in [3.8, 4) is 0 Å². The fourth-order valence-corrected chi connectivity index (χ4v) is 3.14. The number of benzene rings is 1. The average Bonchev–Trinajstić information content (AvgIpc) is 2.38. The molecule has 0 fully saturated rings. The average molecular weight is 298 g/mol. The number of carbonyl (C=O) groups excluding carboxylic acids is 1. The molecular formula is C15H23O4P. The zero-order valence-electron chi connectivity index (χ0n) is 12.3. The van der Waals surface area contributed by atoms with E-state index < -0.39 is 13.8 Å². The molecule has 0 bridgehead atoms. The highest BCUT2D eigenvalue weighted by atomic mass is 31.2. The molecule has 2 unspecified atom stereocenters. The molecule has 5 heteroatoms. The van der Waals surface area contributed by atoms with E-state index in [-0.39, 0.29) is 18.3 Å². The van der Waals surface area contributed by atoms with Crippen LogP contribution in [0, 0.1) is 0 Å². The van der Waals surface area contributed by atoms with Gasteiger partial charge in [0.2, 0.25) is 0 Å². The predicted molar refractivity (Wildman–Crippen MR) is 80.1 cm³/mol. The van der Waals surface area contributed by atoms with Gasteiger partial charge in [0.15, 0.2) is 0 Å². The van der Waals surface area contributed by atoms with Crippen LogP contribution in [0.3, 0.4) is 0 Å². The van der Waals surface area contributed by atoms with Crippen molar-refractivity contribution in [3.05, 3.63) is 35.4 Å². The summed E-state index contributed by atoms with van der Waals surface area (Å²) in [6, 6.07) is 7.71. The molecule has 1 rings (SSSR count). The Bertz CT molecular complexity index is 481. The molecule has 1 aromatic rings. The Morgan fingerprint density at radius 2 is 1.80 bits per heavy atom. The number of hydrogen-bond acceptors (Lipinski definition) is 3. The lowest BCUT2D eigenvalue weighted by molar-refractivity contribution is -0.116. The van der Waals surface area contributed by atoms with Crippen molar-refractivity contribution in [2.24, 2.45) is 0 Å². The molecule has 2 atom stereocenters. The van der Waals surface area contributed by atoms with E-state index in [0.717, 1.165) is 12.0 Å². The summed E-state index contributed by atoms with van der Waals surface area (Å²) in [4.78, 5) is 21.5. The Balaban J connectivity index is 2.56. The van der Waals surface area contributed by atoms with Crippen LogP contribution < -0.4 is 0 Å². The summed E-state index contributed by atoms with van der Waals surface area (Å²) in [6.07, 6.45) is 1.01. The Morgan fingerprint density at radius 1 is 1.25 bits per heavy atom. The van der Waals surface area contributed by atoms with Gasteiger partial charge in [-0.15, -0.1) is 0 Å². The number of Topliss-reactive ketones (excluding diaryl/α,β-unsaturated/α-hetero) is 1. The first kappa shape index (κ1) is 17.1. The molecule has 0 aliphatic rings. The summed E-state index contributed by atoms with van der Waals surface area (Å²) in [5, 5.41) is 0. The second kappa shape index (κ2) is 7.72. The van der Waals surface area contributed by atoms with E-state index in [1.165, 1.54) is 5.56 Å². The van der Waals surface area contributed by atoms with E-state index in [2.05, 4.69) is 6.92 Å². The highest BCUT2D eigenvalue weighted by molar-refractivity contribution is 7.53. The minimum atomic E-state index is -3.82. The van der Waals surface area contributed by atoms with E-state index in [1.807, 2.05) is 31.2 Å². The zero-order chi connectivity index (χ0) is 15.2. The van der Waals surface area contributed by atoms with Crippen LogP contribution in [0.25, 0.3) is 0 Å². The van der Waals surface area contributed by atoms with E-state index in [9.17, 15) is 14.3 Å². The molecule has 0 amide bonds. The maximum Gasteiger partial charge on any atom is 0.335 e. The molecule has 112 valence electrons. The van der Waals surface area contributed by atoms with Crippen LogP contribution in [-0.4, -0.2) is 22.9 Å². The zero-order valence-corrected chi connectivity index (χ0v) is 13.2. The van der Waals surface area contributed by atoms with Gasteiger partial charge >= 0.3 is 7.60 Å². The first-order chi connectivity index (χ1) is 9.36. The third-order valence-electron chi connectivity index (χ3n) is 3.13. The molecule has 1 N–H and O–H groups in total. The van der Waals surface area contributed by atoms with Crippen LogP contribution in [0.2, 0.25) is 0 Å². The highest BCUT2D eigenvalue weighted by Gasteiger charge is 2.25. The summed E-state index contributed by atoms with van der Waals surface area (Å²) in [7, 11) is -3.82. The summed E-state index contributed by atoms with van der Waals surface area (Å²) in [5.41, 5.74) is 2.06. The minimum absolute atomic E-state index is 0.165. The molecule has 0 radical (unpaired) electrons. The number of aryl methyl sites for hydroxylation is 1. The van der Waals surface area contributed by atoms with Crippen molar-refractivity contribution in [2.75, 3.05) is 6.16 Å². The SMILES string of the molecule is CCc1ccc(CC(=O)CP(=O)(O)OC(C)CC)cc1. The van der Waals surface area contributed by atoms with Gasteiger partial charge in [-0.05, 0) is 30.9 Å². The van der Waals surface area contributed by atoms with Crippen molar-refractivity contribution >= 4 is 13.4 Å². The predicted octanol–water partition coefficient (Wildman–Crippen LogP) is 3.36. The van der Waals surface area contributed by atoms with Crippen LogP contribution in [0.15, 0.2) is 24.3 Å². The lowest BCUT2D eigenvalue weighted by atomic mass is 10.1. The summed E-state index contributed by atoms with van der Waals surface area (Å²) >= 11 is 0. The second-order valence-corrected chi connectivity index (χ2v) is 6.81. The third-order valence-corrected chi connectivity index (χ3v) is 4.57. The molecule has 1 aromatic carbocycles. The maximum atomic E-state index is 11.8. The summed E-state index contributed by atoms with van der Waals surface area (Å²) < 4.78 is 16.8. The molecule has 20 heavy (non-hydrogen) atoms. The number of carbonyl (C=O) groups is 1. The molecular weight excluding hydrogens is 275 g/mol. The first-order valence-electron chi connectivity index (χ1n) is 6.96. The molecule has 0 aliphatic heterocycles. The fourth-order valence-electron chi connectivity index (χ4n) is 1.79. The van der Waals surface area contributed by atoms with Gasteiger partial charge in [0.05, 0.1) is 6.10 Å². The normalized spacial score (nSPS) is 15.6. The number of rotatable bonds is 8. The van der Waals surface area contributed by atoms with Gasteiger partial charge in [0.1, 0.15) is 11.9 Å². The van der Waals surface area contributed by atoms with Gasteiger partial charge < -0.3 is 9.42 Å². The van der Waals surface area contributed by atoms with E-state index >= 15 is 0 Å². The van der Waals surface area contributed by atoms with Crippen LogP contribution in [0.1, 0.15) is 38.3 Å². The van der Waals surface area contributed by atoms with Crippen molar-refractivity contribution in [2.45, 2.75) is 46.1 Å². The minimum Gasteiger partial charge on any atom is -0.324 e. The molecule has 0 saturated carbocycles. The second-order valence-electron chi connectivity index (χ2n) is 5.01. The standard InChI is InChI=1S/C15H23O4P/c1-4-12(3)19-20(17,18)11-15(16)10-14-8-6-13(5-2)7-9-14/h6-9,12H,4-5,10-11H2,1-3H3,(H,17,18). The first-order valence-corrected chi connectivity index (χ1v) is 8.72. The van der Waals surface area contributed by atoms with E-state index in [4.69, 9.17) is 4.52 Å². The molecule has 0 aliphatic carbocycles. The van der Waals surface area contributed by atoms with Crippen molar-refractivity contribution in [1.29, 1.82) is 0 Å².